The molecule has 0 aliphatic heterocycles. The Labute approximate surface area is 91.3 Å². The van der Waals surface area contributed by atoms with E-state index >= 15 is 0 Å². The molecule has 4 heteroatoms. The van der Waals surface area contributed by atoms with Crippen LogP contribution < -0.4 is 5.32 Å². The molecule has 0 aromatic rings. The van der Waals surface area contributed by atoms with Crippen LogP contribution in [-0.2, 0) is 9.53 Å². The number of nitrogens with one attached hydrogen (secondary N) is 1. The minimum atomic E-state index is -0.0240. The lowest BCUT2D eigenvalue weighted by Crippen LogP contribution is -2.26. The van der Waals surface area contributed by atoms with Gasteiger partial charge in [-0.1, -0.05) is 6.08 Å². The molecular weight excluding hydrogens is 192 g/mol. The fraction of sp³-hybridized carbons (Fsp3) is 0.727. The van der Waals surface area contributed by atoms with Gasteiger partial charge in [0, 0.05) is 19.2 Å². The number of likely N-dealkylation sites (N-methyl/N-ethyl adjacent to an activating group) is 1. The second kappa shape index (κ2) is 5.88. The van der Waals surface area contributed by atoms with Crippen LogP contribution in [0.5, 0.6) is 0 Å². The van der Waals surface area contributed by atoms with Crippen molar-refractivity contribution in [3.63, 3.8) is 0 Å². The van der Waals surface area contributed by atoms with Gasteiger partial charge in [0.1, 0.15) is 0 Å². The highest BCUT2D eigenvalue weighted by atomic mass is 16.5. The quantitative estimate of drug-likeness (QED) is 0.648. The number of ether oxygens (including phenoxy) is 1. The second-order valence-electron chi connectivity index (χ2n) is 4.01. The van der Waals surface area contributed by atoms with Crippen molar-refractivity contribution in [2.75, 3.05) is 27.2 Å². The van der Waals surface area contributed by atoms with Crippen molar-refractivity contribution < 1.29 is 9.53 Å². The number of nitrogens with zero attached hydrogens (tertiary/aromatic N) is 1. The minimum absolute atomic E-state index is 0.0240. The fourth-order valence-electron chi connectivity index (χ4n) is 1.32. The first-order valence-electron chi connectivity index (χ1n) is 5.37. The lowest BCUT2D eigenvalue weighted by Gasteiger charge is -2.04. The fourth-order valence-corrected chi connectivity index (χ4v) is 1.32. The third kappa shape index (κ3) is 4.95. The zero-order valence-electron chi connectivity index (χ0n) is 9.69. The van der Waals surface area contributed by atoms with E-state index in [0.717, 1.165) is 13.0 Å². The summed E-state index contributed by atoms with van der Waals surface area (Å²) in [6.45, 7) is 3.47. The van der Waals surface area contributed by atoms with Crippen molar-refractivity contribution in [1.82, 2.24) is 10.2 Å². The van der Waals surface area contributed by atoms with Crippen molar-refractivity contribution in [2.24, 2.45) is 0 Å². The molecule has 4 nitrogen and oxygen atoms in total. The molecule has 1 fully saturated rings. The van der Waals surface area contributed by atoms with Crippen LogP contribution in [-0.4, -0.2) is 50.2 Å². The third-order valence-electron chi connectivity index (χ3n) is 2.18. The van der Waals surface area contributed by atoms with E-state index in [9.17, 15) is 4.79 Å². The molecule has 0 heterocycles. The Balaban J connectivity index is 2.12. The Morgan fingerprint density at radius 3 is 2.93 bits per heavy atom. The standard InChI is InChI=1S/C11H20N2O2/c1-4-15-10-8-9(10)12-11(14)6-5-7-13(2)3/h5-6,9-10H,4,7-8H2,1-3H3,(H,12,14)/b6-5+. The van der Waals surface area contributed by atoms with Crippen LogP contribution in [0.1, 0.15) is 13.3 Å². The lowest BCUT2D eigenvalue weighted by molar-refractivity contribution is -0.116. The third-order valence-corrected chi connectivity index (χ3v) is 2.18. The molecule has 0 aromatic carbocycles. The number of hydrogen-bond acceptors (Lipinski definition) is 3. The maximum Gasteiger partial charge on any atom is 0.244 e. The molecule has 1 N–H and O–H groups in total. The van der Waals surface area contributed by atoms with Gasteiger partial charge in [0.2, 0.25) is 5.91 Å². The van der Waals surface area contributed by atoms with Crippen LogP contribution in [0.4, 0.5) is 0 Å². The zero-order valence-corrected chi connectivity index (χ0v) is 9.69. The molecular formula is C11H20N2O2. The largest absolute Gasteiger partial charge is 0.376 e. The smallest absolute Gasteiger partial charge is 0.244 e. The van der Waals surface area contributed by atoms with E-state index in [1.54, 1.807) is 6.08 Å². The molecule has 2 unspecified atom stereocenters. The average molecular weight is 212 g/mol. The van der Waals surface area contributed by atoms with Gasteiger partial charge in [-0.3, -0.25) is 4.79 Å². The molecule has 1 rings (SSSR count). The van der Waals surface area contributed by atoms with Crippen molar-refractivity contribution in [3.05, 3.63) is 12.2 Å². The zero-order chi connectivity index (χ0) is 11.3. The van der Waals surface area contributed by atoms with Crippen LogP contribution in [0.15, 0.2) is 12.2 Å². The number of carbonyl (C=O) groups excluding carboxylic acids is 1. The van der Waals surface area contributed by atoms with E-state index in [1.165, 1.54) is 0 Å². The molecule has 2 atom stereocenters. The monoisotopic (exact) mass is 212 g/mol. The molecule has 0 aromatic heterocycles. The summed E-state index contributed by atoms with van der Waals surface area (Å²) in [6.07, 6.45) is 4.62. The van der Waals surface area contributed by atoms with Gasteiger partial charge in [0.25, 0.3) is 0 Å². The van der Waals surface area contributed by atoms with Crippen LogP contribution in [0.25, 0.3) is 0 Å². The highest BCUT2D eigenvalue weighted by Gasteiger charge is 2.38. The van der Waals surface area contributed by atoms with E-state index in [2.05, 4.69) is 5.32 Å². The van der Waals surface area contributed by atoms with Crippen LogP contribution >= 0.6 is 0 Å². The molecule has 0 bridgehead atoms. The van der Waals surface area contributed by atoms with Gasteiger partial charge >= 0.3 is 0 Å². The molecule has 1 aliphatic rings. The van der Waals surface area contributed by atoms with Crippen molar-refractivity contribution >= 4 is 5.91 Å². The molecule has 0 radical (unpaired) electrons. The van der Waals surface area contributed by atoms with Crippen LogP contribution in [0.3, 0.4) is 0 Å². The number of rotatable bonds is 6. The molecule has 15 heavy (non-hydrogen) atoms. The van der Waals surface area contributed by atoms with Crippen molar-refractivity contribution in [3.8, 4) is 0 Å². The SMILES string of the molecule is CCOC1CC1NC(=O)/C=C/CN(C)C. The normalized spacial score (nSPS) is 24.8. The van der Waals surface area contributed by atoms with Gasteiger partial charge in [0.05, 0.1) is 12.1 Å². The topological polar surface area (TPSA) is 41.6 Å². The highest BCUT2D eigenvalue weighted by Crippen LogP contribution is 2.24. The Bertz CT molecular complexity index is 239. The Morgan fingerprint density at radius 2 is 2.33 bits per heavy atom. The van der Waals surface area contributed by atoms with E-state index in [4.69, 9.17) is 4.74 Å². The first-order valence-corrected chi connectivity index (χ1v) is 5.37. The van der Waals surface area contributed by atoms with Crippen molar-refractivity contribution in [1.29, 1.82) is 0 Å². The predicted octanol–water partition coefficient (Wildman–Crippen LogP) is 0.398. The summed E-state index contributed by atoms with van der Waals surface area (Å²) in [5, 5.41) is 2.89. The summed E-state index contributed by atoms with van der Waals surface area (Å²) in [6, 6.07) is 0.224. The molecule has 86 valence electrons. The van der Waals surface area contributed by atoms with Gasteiger partial charge in [-0.15, -0.1) is 0 Å². The molecule has 1 aliphatic carbocycles. The summed E-state index contributed by atoms with van der Waals surface area (Å²) in [5.74, 6) is -0.0240. The van der Waals surface area contributed by atoms with Crippen LogP contribution in [0.2, 0.25) is 0 Å². The van der Waals surface area contributed by atoms with E-state index in [0.29, 0.717) is 6.61 Å². The number of hydrogen-bond donors (Lipinski definition) is 1. The molecule has 0 saturated heterocycles. The number of carbonyl (C=O) groups is 1. The highest BCUT2D eigenvalue weighted by molar-refractivity contribution is 5.88. The predicted molar refractivity (Wildman–Crippen MR) is 59.7 cm³/mol. The maximum atomic E-state index is 11.4. The number of amides is 1. The van der Waals surface area contributed by atoms with Crippen LogP contribution in [0, 0.1) is 0 Å². The lowest BCUT2D eigenvalue weighted by atomic mass is 10.4. The summed E-state index contributed by atoms with van der Waals surface area (Å²) in [4.78, 5) is 13.4. The van der Waals surface area contributed by atoms with E-state index in [-0.39, 0.29) is 18.1 Å². The summed E-state index contributed by atoms with van der Waals surface area (Å²) in [7, 11) is 3.93. The Kier molecular flexibility index (Phi) is 4.78. The van der Waals surface area contributed by atoms with Gasteiger partial charge in [0.15, 0.2) is 0 Å². The first kappa shape index (κ1) is 12.2. The summed E-state index contributed by atoms with van der Waals surface area (Å²) >= 11 is 0. The van der Waals surface area contributed by atoms with Gasteiger partial charge in [-0.2, -0.15) is 0 Å². The van der Waals surface area contributed by atoms with E-state index < -0.39 is 0 Å². The second-order valence-corrected chi connectivity index (χ2v) is 4.01. The molecule has 1 amide bonds. The molecule has 1 saturated carbocycles. The van der Waals surface area contributed by atoms with E-state index in [1.807, 2.05) is 32.0 Å². The van der Waals surface area contributed by atoms with Gasteiger partial charge in [-0.25, -0.2) is 0 Å². The maximum absolute atomic E-state index is 11.4. The molecule has 0 spiro atoms. The van der Waals surface area contributed by atoms with Gasteiger partial charge < -0.3 is 15.0 Å². The van der Waals surface area contributed by atoms with Gasteiger partial charge in [-0.05, 0) is 27.4 Å². The summed E-state index contributed by atoms with van der Waals surface area (Å²) in [5.41, 5.74) is 0. The Hall–Kier alpha value is -0.870. The first-order chi connectivity index (χ1) is 7.13. The summed E-state index contributed by atoms with van der Waals surface area (Å²) < 4.78 is 5.36. The van der Waals surface area contributed by atoms with Crippen molar-refractivity contribution in [2.45, 2.75) is 25.5 Å². The average Bonchev–Trinajstić information content (AvgIpc) is 2.83. The minimum Gasteiger partial charge on any atom is -0.376 e. The Morgan fingerprint density at radius 1 is 1.60 bits per heavy atom.